The van der Waals surface area contributed by atoms with Crippen molar-refractivity contribution in [1.29, 1.82) is 0 Å². The first-order chi connectivity index (χ1) is 13.7. The molecule has 0 bridgehead atoms. The van der Waals surface area contributed by atoms with Crippen LogP contribution in [-0.2, 0) is 4.79 Å². The lowest BCUT2D eigenvalue weighted by molar-refractivity contribution is -0.406. The third kappa shape index (κ3) is 3.96. The van der Waals surface area contributed by atoms with Crippen molar-refractivity contribution in [2.45, 2.75) is 43.0 Å². The minimum absolute atomic E-state index is 0.0715. The van der Waals surface area contributed by atoms with Crippen LogP contribution in [0.15, 0.2) is 18.2 Å². The molecule has 5 nitrogen and oxygen atoms in total. The van der Waals surface area contributed by atoms with Gasteiger partial charge in [0.05, 0.1) is 4.92 Å². The summed E-state index contributed by atoms with van der Waals surface area (Å²) >= 11 is 0. The van der Waals surface area contributed by atoms with Crippen molar-refractivity contribution in [2.24, 2.45) is 0 Å². The number of carbonyl (C=O) groups is 1. The molecule has 0 aliphatic heterocycles. The summed E-state index contributed by atoms with van der Waals surface area (Å²) in [5, 5.41) is 11.5. The number of halogens is 12. The minimum Gasteiger partial charge on any atom is -0.315 e. The monoisotopic (exact) mass is 480 g/mol. The van der Waals surface area contributed by atoms with E-state index < -0.39 is 58.2 Å². The van der Waals surface area contributed by atoms with E-state index in [1.807, 2.05) is 0 Å². The van der Waals surface area contributed by atoms with E-state index >= 15 is 0 Å². The Balaban J connectivity index is 3.45. The first-order valence-electron chi connectivity index (χ1n) is 7.40. The number of nitrogens with zero attached hydrogens (tertiary/aromatic N) is 1. The molecule has 17 heteroatoms. The molecule has 0 aliphatic carbocycles. The van der Waals surface area contributed by atoms with Crippen molar-refractivity contribution < 1.29 is 62.4 Å². The smallest absolute Gasteiger partial charge is 0.315 e. The van der Waals surface area contributed by atoms with Crippen molar-refractivity contribution in [1.82, 2.24) is 0 Å². The number of hydrogen-bond donors (Lipinski definition) is 1. The fourth-order valence-electron chi connectivity index (χ4n) is 1.98. The average molecular weight is 480 g/mol. The highest BCUT2D eigenvalue weighted by atomic mass is 19.4. The standard InChI is InChI=1S/C14H8F12N2O3/c1-5-2-3-6(7(4-5)28(30)31)27-9(29)11(19,20)13(23,24)14(25,26)12(21,22)10(17,18)8(15)16/h2-4,8H,1H3,(H,27,29). The van der Waals surface area contributed by atoms with Crippen LogP contribution in [-0.4, -0.2) is 46.9 Å². The molecule has 0 aromatic heterocycles. The number of rotatable bonds is 8. The van der Waals surface area contributed by atoms with Crippen LogP contribution in [0, 0.1) is 17.0 Å². The summed E-state index contributed by atoms with van der Waals surface area (Å²) in [5.41, 5.74) is -2.42. The van der Waals surface area contributed by atoms with Crippen molar-refractivity contribution in [3.05, 3.63) is 33.9 Å². The molecule has 1 aromatic carbocycles. The Bertz CT molecular complexity index is 872. The van der Waals surface area contributed by atoms with Gasteiger partial charge in [-0.05, 0) is 18.6 Å². The maximum absolute atomic E-state index is 13.7. The largest absolute Gasteiger partial charge is 0.393 e. The first-order valence-corrected chi connectivity index (χ1v) is 7.40. The number of hydrogen-bond acceptors (Lipinski definition) is 3. The lowest BCUT2D eigenvalue weighted by Crippen LogP contribution is -2.70. The number of anilines is 1. The molecule has 0 fully saturated rings. The predicted molar refractivity (Wildman–Crippen MR) is 77.2 cm³/mol. The Labute approximate surface area is 163 Å². The zero-order chi connectivity index (χ0) is 24.8. The number of carbonyl (C=O) groups excluding carboxylic acids is 1. The lowest BCUT2D eigenvalue weighted by atomic mass is 9.94. The summed E-state index contributed by atoms with van der Waals surface area (Å²) in [7, 11) is 0. The van der Waals surface area contributed by atoms with Crippen LogP contribution in [0.2, 0.25) is 0 Å². The van der Waals surface area contributed by atoms with E-state index in [1.165, 1.54) is 6.92 Å². The van der Waals surface area contributed by atoms with Gasteiger partial charge >= 0.3 is 41.9 Å². The van der Waals surface area contributed by atoms with Gasteiger partial charge in [0.25, 0.3) is 5.69 Å². The van der Waals surface area contributed by atoms with Crippen LogP contribution in [0.25, 0.3) is 0 Å². The molecule has 1 aromatic rings. The second kappa shape index (κ2) is 7.74. The quantitative estimate of drug-likeness (QED) is 0.313. The number of benzene rings is 1. The number of amides is 1. The molecule has 0 saturated carbocycles. The van der Waals surface area contributed by atoms with E-state index in [2.05, 4.69) is 0 Å². The van der Waals surface area contributed by atoms with Crippen LogP contribution in [0.4, 0.5) is 64.1 Å². The van der Waals surface area contributed by atoms with Gasteiger partial charge in [-0.25, -0.2) is 8.78 Å². The summed E-state index contributed by atoms with van der Waals surface area (Å²) < 4.78 is 157. The molecular weight excluding hydrogens is 472 g/mol. The Morgan fingerprint density at radius 1 is 0.935 bits per heavy atom. The summed E-state index contributed by atoms with van der Waals surface area (Å²) in [5.74, 6) is -41.0. The molecule has 0 heterocycles. The number of alkyl halides is 12. The van der Waals surface area contributed by atoms with E-state index in [4.69, 9.17) is 0 Å². The molecule has 31 heavy (non-hydrogen) atoms. The molecular formula is C14H8F12N2O3. The zero-order valence-corrected chi connectivity index (χ0v) is 14.5. The van der Waals surface area contributed by atoms with Gasteiger partial charge < -0.3 is 5.32 Å². The molecule has 1 amide bonds. The number of nitrogens with one attached hydrogen (secondary N) is 1. The average Bonchev–Trinajstić information content (AvgIpc) is 2.61. The third-order valence-electron chi connectivity index (χ3n) is 3.76. The first kappa shape index (κ1) is 26.3. The molecule has 1 rings (SSSR count). The summed E-state index contributed by atoms with van der Waals surface area (Å²) in [4.78, 5) is 20.9. The Morgan fingerprint density at radius 3 is 1.84 bits per heavy atom. The number of aryl methyl sites for hydroxylation is 1. The van der Waals surface area contributed by atoms with E-state index in [0.717, 1.165) is 11.4 Å². The van der Waals surface area contributed by atoms with E-state index in [-0.39, 0.29) is 5.56 Å². The zero-order valence-electron chi connectivity index (χ0n) is 14.5. The fourth-order valence-corrected chi connectivity index (χ4v) is 1.98. The fraction of sp³-hybridized carbons (Fsp3) is 0.500. The van der Waals surface area contributed by atoms with Gasteiger partial charge in [-0.1, -0.05) is 6.07 Å². The molecule has 0 unspecified atom stereocenters. The topological polar surface area (TPSA) is 72.2 Å². The molecule has 1 N–H and O–H groups in total. The maximum Gasteiger partial charge on any atom is 0.393 e. The molecule has 0 aliphatic rings. The van der Waals surface area contributed by atoms with E-state index in [9.17, 15) is 67.6 Å². The normalized spacial score (nSPS) is 14.0. The third-order valence-corrected chi connectivity index (χ3v) is 3.76. The van der Waals surface area contributed by atoms with Crippen LogP contribution >= 0.6 is 0 Å². The predicted octanol–water partition coefficient (Wildman–Crippen LogP) is 5.28. The molecule has 0 radical (unpaired) electrons. The molecule has 0 saturated heterocycles. The summed E-state index contributed by atoms with van der Waals surface area (Å²) in [6, 6.07) is 1.99. The van der Waals surface area contributed by atoms with Crippen molar-refractivity contribution in [3.63, 3.8) is 0 Å². The number of nitro benzene ring substituents is 1. The van der Waals surface area contributed by atoms with Gasteiger partial charge in [-0.15, -0.1) is 0 Å². The van der Waals surface area contributed by atoms with E-state index in [1.54, 1.807) is 0 Å². The van der Waals surface area contributed by atoms with E-state index in [0.29, 0.717) is 12.1 Å². The minimum atomic E-state index is -7.89. The van der Waals surface area contributed by atoms with Gasteiger partial charge in [-0.2, -0.15) is 43.9 Å². The maximum atomic E-state index is 13.7. The van der Waals surface area contributed by atoms with Crippen LogP contribution in [0.1, 0.15) is 5.56 Å². The highest BCUT2D eigenvalue weighted by Gasteiger charge is 2.89. The molecule has 176 valence electrons. The second-order valence-electron chi connectivity index (χ2n) is 5.95. The van der Waals surface area contributed by atoms with Crippen molar-refractivity contribution in [3.8, 4) is 0 Å². The second-order valence-corrected chi connectivity index (χ2v) is 5.95. The van der Waals surface area contributed by atoms with Crippen molar-refractivity contribution >= 4 is 17.3 Å². The van der Waals surface area contributed by atoms with Gasteiger partial charge in [-0.3, -0.25) is 14.9 Å². The highest BCUT2D eigenvalue weighted by molar-refractivity contribution is 5.98. The Kier molecular flexibility index (Phi) is 6.56. The Morgan fingerprint density at radius 2 is 1.42 bits per heavy atom. The van der Waals surface area contributed by atoms with Gasteiger partial charge in [0.1, 0.15) is 5.69 Å². The molecule has 0 spiro atoms. The number of nitro groups is 1. The van der Waals surface area contributed by atoms with Gasteiger partial charge in [0.2, 0.25) is 0 Å². The SMILES string of the molecule is Cc1ccc(NC(=O)C(F)(F)C(F)(F)C(F)(F)C(F)(F)C(F)(F)C(F)F)c([N+](=O)[O-])c1. The van der Waals surface area contributed by atoms with Crippen LogP contribution < -0.4 is 5.32 Å². The van der Waals surface area contributed by atoms with Crippen molar-refractivity contribution in [2.75, 3.05) is 5.32 Å². The highest BCUT2D eigenvalue weighted by Crippen LogP contribution is 2.58. The Hall–Kier alpha value is -2.75. The molecule has 0 atom stereocenters. The van der Waals surface area contributed by atoms with Gasteiger partial charge in [0.15, 0.2) is 0 Å². The van der Waals surface area contributed by atoms with Crippen LogP contribution in [0.5, 0.6) is 0 Å². The van der Waals surface area contributed by atoms with Gasteiger partial charge in [0, 0.05) is 6.07 Å². The lowest BCUT2D eigenvalue weighted by Gasteiger charge is -2.38. The summed E-state index contributed by atoms with van der Waals surface area (Å²) in [6.45, 7) is 1.22. The summed E-state index contributed by atoms with van der Waals surface area (Å²) in [6.07, 6.45) is -5.68. The van der Waals surface area contributed by atoms with Crippen LogP contribution in [0.3, 0.4) is 0 Å².